The van der Waals surface area contributed by atoms with Crippen molar-refractivity contribution in [1.29, 1.82) is 0 Å². The molecule has 1 atom stereocenters. The molecule has 90 valence electrons. The fourth-order valence-electron chi connectivity index (χ4n) is 2.31. The van der Waals surface area contributed by atoms with Gasteiger partial charge in [-0.25, -0.2) is 0 Å². The summed E-state index contributed by atoms with van der Waals surface area (Å²) >= 11 is 0. The first kappa shape index (κ1) is 11.4. The minimum absolute atomic E-state index is 0.0528. The van der Waals surface area contributed by atoms with Gasteiger partial charge in [-0.2, -0.15) is 0 Å². The number of hydrogen-bond donors (Lipinski definition) is 2. The van der Waals surface area contributed by atoms with Crippen molar-refractivity contribution < 1.29 is 9.59 Å². The van der Waals surface area contributed by atoms with Crippen LogP contribution in [0.25, 0.3) is 0 Å². The maximum Gasteiger partial charge on any atom is 0.227 e. The van der Waals surface area contributed by atoms with E-state index in [9.17, 15) is 9.59 Å². The lowest BCUT2D eigenvalue weighted by Crippen LogP contribution is -2.44. The van der Waals surface area contributed by atoms with Gasteiger partial charge in [0.2, 0.25) is 11.8 Å². The van der Waals surface area contributed by atoms with Crippen molar-refractivity contribution in [1.82, 2.24) is 15.5 Å². The molecule has 2 heterocycles. The van der Waals surface area contributed by atoms with E-state index in [0.29, 0.717) is 26.1 Å². The number of carbonyl (C=O) groups excluding carboxylic acids is 2. The molecule has 16 heavy (non-hydrogen) atoms. The Morgan fingerprint density at radius 2 is 2.19 bits per heavy atom. The number of amides is 2. The maximum atomic E-state index is 12.2. The highest BCUT2D eigenvalue weighted by molar-refractivity contribution is 5.81. The summed E-state index contributed by atoms with van der Waals surface area (Å²) in [5, 5.41) is 6.03. The molecule has 2 aliphatic rings. The zero-order chi connectivity index (χ0) is 11.4. The number of rotatable bonds is 1. The summed E-state index contributed by atoms with van der Waals surface area (Å²) in [6.45, 7) is 3.62. The Labute approximate surface area is 95.6 Å². The highest BCUT2D eigenvalue weighted by atomic mass is 16.2. The lowest BCUT2D eigenvalue weighted by molar-refractivity contribution is -0.135. The first-order valence-corrected chi connectivity index (χ1v) is 6.03. The van der Waals surface area contributed by atoms with E-state index in [-0.39, 0.29) is 17.7 Å². The van der Waals surface area contributed by atoms with Gasteiger partial charge in [0.05, 0.1) is 5.92 Å². The van der Waals surface area contributed by atoms with Crippen LogP contribution in [0, 0.1) is 5.92 Å². The topological polar surface area (TPSA) is 61.4 Å². The number of carbonyl (C=O) groups is 2. The van der Waals surface area contributed by atoms with Crippen LogP contribution in [-0.2, 0) is 9.59 Å². The summed E-state index contributed by atoms with van der Waals surface area (Å²) in [5.74, 6) is 0.378. The van der Waals surface area contributed by atoms with E-state index in [1.165, 1.54) is 0 Å². The number of hydrogen-bond acceptors (Lipinski definition) is 3. The third kappa shape index (κ3) is 2.72. The number of nitrogens with one attached hydrogen (secondary N) is 2. The molecule has 0 radical (unpaired) electrons. The molecule has 2 saturated heterocycles. The summed E-state index contributed by atoms with van der Waals surface area (Å²) in [4.78, 5) is 25.2. The van der Waals surface area contributed by atoms with Crippen molar-refractivity contribution in [2.45, 2.75) is 19.3 Å². The van der Waals surface area contributed by atoms with Crippen molar-refractivity contribution in [2.24, 2.45) is 5.92 Å². The van der Waals surface area contributed by atoms with Gasteiger partial charge in [-0.15, -0.1) is 0 Å². The molecule has 0 unspecified atom stereocenters. The van der Waals surface area contributed by atoms with E-state index in [2.05, 4.69) is 10.6 Å². The Bertz CT molecular complexity index is 274. The summed E-state index contributed by atoms with van der Waals surface area (Å²) in [6.07, 6.45) is 2.48. The lowest BCUT2D eigenvalue weighted by Gasteiger charge is -2.28. The van der Waals surface area contributed by atoms with Crippen molar-refractivity contribution in [3.63, 3.8) is 0 Å². The molecular weight excluding hydrogens is 206 g/mol. The second-order valence-corrected chi connectivity index (χ2v) is 4.47. The third-order valence-corrected chi connectivity index (χ3v) is 3.27. The second kappa shape index (κ2) is 5.30. The van der Waals surface area contributed by atoms with Crippen molar-refractivity contribution >= 4 is 11.8 Å². The van der Waals surface area contributed by atoms with Gasteiger partial charge in [-0.1, -0.05) is 0 Å². The van der Waals surface area contributed by atoms with E-state index in [0.717, 1.165) is 25.9 Å². The predicted octanol–water partition coefficient (Wildman–Crippen LogP) is -0.665. The second-order valence-electron chi connectivity index (χ2n) is 4.47. The average molecular weight is 225 g/mol. The van der Waals surface area contributed by atoms with Crippen LogP contribution in [0.3, 0.4) is 0 Å². The van der Waals surface area contributed by atoms with Gasteiger partial charge in [0.25, 0.3) is 0 Å². The molecule has 2 amide bonds. The number of piperidine rings is 1. The summed E-state index contributed by atoms with van der Waals surface area (Å²) in [7, 11) is 0. The van der Waals surface area contributed by atoms with Gasteiger partial charge in [0.15, 0.2) is 0 Å². The molecule has 0 aliphatic carbocycles. The van der Waals surface area contributed by atoms with E-state index in [4.69, 9.17) is 0 Å². The normalized spacial score (nSPS) is 27.1. The Balaban J connectivity index is 1.89. The van der Waals surface area contributed by atoms with Crippen LogP contribution in [0.1, 0.15) is 19.3 Å². The molecule has 0 spiro atoms. The van der Waals surface area contributed by atoms with Gasteiger partial charge < -0.3 is 15.5 Å². The SMILES string of the molecule is O=C1CCN(C(=O)[C@H]2CCCNC2)CCN1. The van der Waals surface area contributed by atoms with Gasteiger partial charge in [-0.05, 0) is 19.4 Å². The summed E-state index contributed by atoms with van der Waals surface area (Å²) in [5.41, 5.74) is 0. The minimum atomic E-state index is 0.0528. The van der Waals surface area contributed by atoms with E-state index in [1.807, 2.05) is 4.90 Å². The highest BCUT2D eigenvalue weighted by Crippen LogP contribution is 2.14. The van der Waals surface area contributed by atoms with Gasteiger partial charge >= 0.3 is 0 Å². The molecule has 0 bridgehead atoms. The Kier molecular flexibility index (Phi) is 3.77. The van der Waals surface area contributed by atoms with Crippen LogP contribution in [0.4, 0.5) is 0 Å². The highest BCUT2D eigenvalue weighted by Gasteiger charge is 2.26. The van der Waals surface area contributed by atoms with Crippen molar-refractivity contribution in [2.75, 3.05) is 32.7 Å². The monoisotopic (exact) mass is 225 g/mol. The molecule has 0 aromatic rings. The molecular formula is C11H19N3O2. The van der Waals surface area contributed by atoms with Crippen LogP contribution in [0.5, 0.6) is 0 Å². The molecule has 2 rings (SSSR count). The largest absolute Gasteiger partial charge is 0.354 e. The molecule has 5 nitrogen and oxygen atoms in total. The number of nitrogens with zero attached hydrogens (tertiary/aromatic N) is 1. The van der Waals surface area contributed by atoms with E-state index >= 15 is 0 Å². The van der Waals surface area contributed by atoms with E-state index in [1.54, 1.807) is 0 Å². The van der Waals surface area contributed by atoms with Crippen LogP contribution in [0.2, 0.25) is 0 Å². The van der Waals surface area contributed by atoms with Crippen LogP contribution >= 0.6 is 0 Å². The zero-order valence-corrected chi connectivity index (χ0v) is 9.50. The fourth-order valence-corrected chi connectivity index (χ4v) is 2.31. The standard InChI is InChI=1S/C11H19N3O2/c15-10-3-6-14(7-5-13-10)11(16)9-2-1-4-12-8-9/h9,12H,1-8H2,(H,13,15)/t9-/m0/s1. The minimum Gasteiger partial charge on any atom is -0.354 e. The lowest BCUT2D eigenvalue weighted by atomic mass is 9.98. The molecule has 2 fully saturated rings. The smallest absolute Gasteiger partial charge is 0.227 e. The molecule has 5 heteroatoms. The molecule has 2 aliphatic heterocycles. The quantitative estimate of drug-likeness (QED) is 0.622. The van der Waals surface area contributed by atoms with Crippen molar-refractivity contribution in [3.8, 4) is 0 Å². The van der Waals surface area contributed by atoms with Crippen LogP contribution in [-0.4, -0.2) is 49.4 Å². The molecule has 2 N–H and O–H groups in total. The van der Waals surface area contributed by atoms with Crippen molar-refractivity contribution in [3.05, 3.63) is 0 Å². The molecule has 0 aromatic carbocycles. The first-order valence-electron chi connectivity index (χ1n) is 6.03. The van der Waals surface area contributed by atoms with Gasteiger partial charge in [0, 0.05) is 32.6 Å². The van der Waals surface area contributed by atoms with Crippen LogP contribution in [0.15, 0.2) is 0 Å². The average Bonchev–Trinajstić information content (AvgIpc) is 2.54. The molecule has 0 saturated carbocycles. The maximum absolute atomic E-state index is 12.2. The third-order valence-electron chi connectivity index (χ3n) is 3.27. The van der Waals surface area contributed by atoms with Gasteiger partial charge in [-0.3, -0.25) is 9.59 Å². The van der Waals surface area contributed by atoms with Crippen LogP contribution < -0.4 is 10.6 Å². The summed E-state index contributed by atoms with van der Waals surface area (Å²) < 4.78 is 0. The Morgan fingerprint density at radius 1 is 1.31 bits per heavy atom. The predicted molar refractivity (Wildman–Crippen MR) is 59.8 cm³/mol. The first-order chi connectivity index (χ1) is 7.77. The van der Waals surface area contributed by atoms with E-state index < -0.39 is 0 Å². The summed E-state index contributed by atoms with van der Waals surface area (Å²) in [6, 6.07) is 0. The fraction of sp³-hybridized carbons (Fsp3) is 0.818. The zero-order valence-electron chi connectivity index (χ0n) is 9.50. The van der Waals surface area contributed by atoms with Gasteiger partial charge in [0.1, 0.15) is 0 Å². The Morgan fingerprint density at radius 3 is 2.94 bits per heavy atom. The molecule has 0 aromatic heterocycles. The Hall–Kier alpha value is -1.10.